The Kier molecular flexibility index (Phi) is 7.78. The van der Waals surface area contributed by atoms with Gasteiger partial charge in [-0.3, -0.25) is 0 Å². The zero-order chi connectivity index (χ0) is 11.8. The first kappa shape index (κ1) is 14.7. The van der Waals surface area contributed by atoms with Crippen LogP contribution >= 0.6 is 23.2 Å². The van der Waals surface area contributed by atoms with E-state index in [1.807, 2.05) is 0 Å². The van der Waals surface area contributed by atoms with E-state index >= 15 is 0 Å². The Morgan fingerprint density at radius 3 is 2.33 bits per heavy atom. The fraction of sp³-hybridized carbons (Fsp3) is 0.667. The van der Waals surface area contributed by atoms with Crippen molar-refractivity contribution in [1.82, 2.24) is 0 Å². The van der Waals surface area contributed by atoms with Crippen LogP contribution in [-0.2, 0) is 9.53 Å². The van der Waals surface area contributed by atoms with Crippen LogP contribution in [0, 0.1) is 0 Å². The second-order valence-corrected chi connectivity index (χ2v) is 3.65. The normalized spacial score (nSPS) is 19.8. The van der Waals surface area contributed by atoms with Gasteiger partial charge in [0.15, 0.2) is 0 Å². The van der Waals surface area contributed by atoms with Gasteiger partial charge in [0.1, 0.15) is 0 Å². The van der Waals surface area contributed by atoms with Crippen LogP contribution in [0.1, 0.15) is 6.42 Å². The molecule has 0 spiro atoms. The Morgan fingerprint density at radius 2 is 2.13 bits per heavy atom. The van der Waals surface area contributed by atoms with Crippen molar-refractivity contribution in [3.05, 3.63) is 12.2 Å². The smallest absolute Gasteiger partial charge is 0.331 e. The fourth-order valence-electron chi connectivity index (χ4n) is 0.583. The van der Waals surface area contributed by atoms with Crippen molar-refractivity contribution in [2.45, 2.75) is 18.6 Å². The van der Waals surface area contributed by atoms with E-state index in [9.17, 15) is 4.79 Å². The van der Waals surface area contributed by atoms with E-state index in [2.05, 4.69) is 6.58 Å². The highest BCUT2D eigenvalue weighted by molar-refractivity contribution is 6.18. The van der Waals surface area contributed by atoms with E-state index in [1.165, 1.54) is 0 Å². The highest BCUT2D eigenvalue weighted by atomic mass is 35.5. The van der Waals surface area contributed by atoms with Gasteiger partial charge in [-0.05, 0) is 0 Å². The van der Waals surface area contributed by atoms with Crippen molar-refractivity contribution in [1.29, 1.82) is 0 Å². The van der Waals surface area contributed by atoms with E-state index in [0.29, 0.717) is 12.0 Å². The summed E-state index contributed by atoms with van der Waals surface area (Å²) >= 11 is 10.5. The van der Waals surface area contributed by atoms with Crippen LogP contribution in [0.25, 0.3) is 0 Å². The minimum absolute atomic E-state index is 0.0202. The summed E-state index contributed by atoms with van der Waals surface area (Å²) in [4.78, 5) is 10.1. The number of aliphatic hydroxyl groups is 1. The van der Waals surface area contributed by atoms with Crippen LogP contribution in [0.2, 0.25) is 0 Å². The molecule has 2 atom stereocenters. The Bertz CT molecular complexity index is 216. The number of aliphatic hydroxyl groups excluding tert-OH is 1. The van der Waals surface area contributed by atoms with E-state index in [4.69, 9.17) is 38.2 Å². The van der Waals surface area contributed by atoms with Crippen LogP contribution in [0.3, 0.4) is 0 Å². The van der Waals surface area contributed by atoms with Gasteiger partial charge >= 0.3 is 5.97 Å². The summed E-state index contributed by atoms with van der Waals surface area (Å²) in [6.45, 7) is 4.10. The zero-order valence-electron chi connectivity index (χ0n) is 8.16. The number of carboxylic acids is 1. The largest absolute Gasteiger partial charge is 0.478 e. The predicted octanol–water partition coefficient (Wildman–Crippen LogP) is 1.24. The molecule has 4 nitrogen and oxygen atoms in total. The number of rotatable bonds is 5. The van der Waals surface area contributed by atoms with Crippen molar-refractivity contribution in [3.63, 3.8) is 0 Å². The molecule has 2 N–H and O–H groups in total. The highest BCUT2D eigenvalue weighted by Crippen LogP contribution is 2.08. The lowest BCUT2D eigenvalue weighted by atomic mass is 10.1. The molecule has 0 aromatic carbocycles. The molecule has 1 heterocycles. The lowest BCUT2D eigenvalue weighted by Gasteiger charge is -2.04. The third-order valence-corrected chi connectivity index (χ3v) is 2.24. The molecule has 1 fully saturated rings. The van der Waals surface area contributed by atoms with Crippen molar-refractivity contribution in [3.8, 4) is 0 Å². The van der Waals surface area contributed by atoms with Crippen molar-refractivity contribution in [2.24, 2.45) is 0 Å². The van der Waals surface area contributed by atoms with Gasteiger partial charge in [-0.25, -0.2) is 4.79 Å². The van der Waals surface area contributed by atoms with E-state index in [0.717, 1.165) is 6.61 Å². The summed E-state index contributed by atoms with van der Waals surface area (Å²) < 4.78 is 4.73. The van der Waals surface area contributed by atoms with Crippen molar-refractivity contribution >= 4 is 29.2 Å². The zero-order valence-corrected chi connectivity index (χ0v) is 9.67. The molecule has 0 bridgehead atoms. The summed E-state index contributed by atoms with van der Waals surface area (Å²) in [5.41, 5.74) is -0.0202. The first-order valence-corrected chi connectivity index (χ1v) is 5.40. The number of halogens is 2. The number of carbonyl (C=O) groups is 1. The van der Waals surface area contributed by atoms with Crippen LogP contribution in [0.4, 0.5) is 0 Å². The van der Waals surface area contributed by atoms with Crippen LogP contribution in [-0.4, -0.2) is 46.8 Å². The Morgan fingerprint density at radius 1 is 1.60 bits per heavy atom. The van der Waals surface area contributed by atoms with Gasteiger partial charge in [0.2, 0.25) is 0 Å². The molecule has 0 aromatic rings. The van der Waals surface area contributed by atoms with Crippen molar-refractivity contribution in [2.75, 3.05) is 18.4 Å². The number of aliphatic carboxylic acids is 1. The first-order valence-electron chi connectivity index (χ1n) is 4.33. The molecule has 0 radical (unpaired) electrons. The van der Waals surface area contributed by atoms with E-state index < -0.39 is 12.1 Å². The molecule has 1 saturated heterocycles. The monoisotopic (exact) mass is 256 g/mol. The first-order chi connectivity index (χ1) is 7.01. The highest BCUT2D eigenvalue weighted by Gasteiger charge is 2.19. The Balaban J connectivity index is 0.000000322. The van der Waals surface area contributed by atoms with Crippen LogP contribution in [0.15, 0.2) is 12.2 Å². The molecule has 0 aromatic heterocycles. The molecule has 1 rings (SSSR count). The lowest BCUT2D eigenvalue weighted by Crippen LogP contribution is -2.12. The molecule has 1 aliphatic rings. The van der Waals surface area contributed by atoms with Gasteiger partial charge in [-0.2, -0.15) is 0 Å². The van der Waals surface area contributed by atoms with Gasteiger partial charge in [-0.15, -0.1) is 23.2 Å². The summed E-state index contributed by atoms with van der Waals surface area (Å²) in [7, 11) is 0. The summed E-state index contributed by atoms with van der Waals surface area (Å²) in [6, 6.07) is 0. The van der Waals surface area contributed by atoms with Gasteiger partial charge in [0.05, 0.1) is 24.7 Å². The average Bonchev–Trinajstić information content (AvgIpc) is 3.01. The summed E-state index contributed by atoms with van der Waals surface area (Å²) in [5.74, 6) is -0.393. The quantitative estimate of drug-likeness (QED) is 0.441. The standard InChI is InChI=1S/C6H9ClO3.C3H5ClO/c1-4(6(9)10)2-5(8)3-7;4-1-3-2-5-3/h5,8H,1-3H2,(H,9,10);3H,1-2H2. The third-order valence-electron chi connectivity index (χ3n) is 1.54. The molecule has 2 unspecified atom stereocenters. The van der Waals surface area contributed by atoms with Gasteiger partial charge < -0.3 is 14.9 Å². The molecule has 0 saturated carbocycles. The third kappa shape index (κ3) is 8.69. The molecule has 88 valence electrons. The fourth-order valence-corrected chi connectivity index (χ4v) is 0.871. The number of ether oxygens (including phenoxy) is 1. The maximum atomic E-state index is 10.1. The van der Waals surface area contributed by atoms with E-state index in [-0.39, 0.29) is 17.9 Å². The van der Waals surface area contributed by atoms with Crippen LogP contribution < -0.4 is 0 Å². The molecule has 15 heavy (non-hydrogen) atoms. The average molecular weight is 257 g/mol. The second-order valence-electron chi connectivity index (χ2n) is 3.03. The summed E-state index contributed by atoms with van der Waals surface area (Å²) in [6.07, 6.45) is -0.374. The molecule has 6 heteroatoms. The maximum absolute atomic E-state index is 10.1. The van der Waals surface area contributed by atoms with Gasteiger partial charge in [-0.1, -0.05) is 6.58 Å². The topological polar surface area (TPSA) is 70.1 Å². The molecular weight excluding hydrogens is 243 g/mol. The number of hydrogen-bond donors (Lipinski definition) is 2. The molecule has 0 amide bonds. The molecule has 1 aliphatic heterocycles. The number of epoxide rings is 1. The lowest BCUT2D eigenvalue weighted by molar-refractivity contribution is -0.133. The number of carboxylic acid groups (broad SMARTS) is 1. The Hall–Kier alpha value is -0.290. The van der Waals surface area contributed by atoms with Gasteiger partial charge in [0.25, 0.3) is 0 Å². The number of alkyl halides is 2. The predicted molar refractivity (Wildman–Crippen MR) is 58.6 cm³/mol. The Labute approximate surface area is 98.4 Å². The van der Waals surface area contributed by atoms with Crippen LogP contribution in [0.5, 0.6) is 0 Å². The van der Waals surface area contributed by atoms with Crippen molar-refractivity contribution < 1.29 is 19.7 Å². The van der Waals surface area contributed by atoms with Gasteiger partial charge in [0, 0.05) is 17.9 Å². The summed E-state index contributed by atoms with van der Waals surface area (Å²) in [5, 5.41) is 17.1. The minimum Gasteiger partial charge on any atom is -0.478 e. The minimum atomic E-state index is -1.09. The molecular formula is C9H14Cl2O4. The maximum Gasteiger partial charge on any atom is 0.331 e. The molecule has 0 aliphatic carbocycles. The van der Waals surface area contributed by atoms with E-state index in [1.54, 1.807) is 0 Å². The number of hydrogen-bond acceptors (Lipinski definition) is 3. The SMILES string of the molecule is C=C(CC(O)CCl)C(=O)O.ClCC1CO1. The second kappa shape index (κ2) is 7.93.